The molecule has 0 aliphatic carbocycles. The topological polar surface area (TPSA) is 85.9 Å². The second-order valence-electron chi connectivity index (χ2n) is 11.6. The van der Waals surface area contributed by atoms with Crippen LogP contribution in [0.25, 0.3) is 0 Å². The van der Waals surface area contributed by atoms with E-state index >= 15 is 0 Å². The quantitative estimate of drug-likeness (QED) is 0.401. The lowest BCUT2D eigenvalue weighted by Gasteiger charge is -2.35. The van der Waals surface area contributed by atoms with Crippen LogP contribution in [0.2, 0.25) is 0 Å². The first kappa shape index (κ1) is 30.2. The Hall–Kier alpha value is -2.06. The van der Waals surface area contributed by atoms with Crippen molar-refractivity contribution in [1.82, 2.24) is 10.6 Å². The summed E-state index contributed by atoms with van der Waals surface area (Å²) in [6.07, 6.45) is 2.16. The van der Waals surface area contributed by atoms with E-state index in [-0.39, 0.29) is 18.0 Å². The minimum Gasteiger partial charge on any atom is -0.444 e. The molecule has 1 heterocycles. The van der Waals surface area contributed by atoms with Crippen LogP contribution in [-0.2, 0) is 25.3 Å². The summed E-state index contributed by atoms with van der Waals surface area (Å²) < 4.78 is 18.4. The van der Waals surface area contributed by atoms with E-state index in [4.69, 9.17) is 14.0 Å². The van der Waals surface area contributed by atoms with E-state index in [1.54, 1.807) is 20.8 Å². The van der Waals surface area contributed by atoms with Gasteiger partial charge in [0.2, 0.25) is 5.91 Å². The van der Waals surface area contributed by atoms with E-state index < -0.39 is 30.5 Å². The zero-order valence-electron chi connectivity index (χ0n) is 23.7. The van der Waals surface area contributed by atoms with Crippen molar-refractivity contribution in [3.05, 3.63) is 35.9 Å². The number of rotatable bonds is 11. The fraction of sp³-hybridized carbons (Fsp3) is 0.714. The molecule has 0 saturated carbocycles. The Balaban J connectivity index is 2.25. The van der Waals surface area contributed by atoms with Gasteiger partial charge in [0.25, 0.3) is 0 Å². The van der Waals surface area contributed by atoms with Crippen LogP contribution in [0.15, 0.2) is 30.3 Å². The van der Waals surface area contributed by atoms with Crippen molar-refractivity contribution < 1.29 is 23.6 Å². The van der Waals surface area contributed by atoms with Crippen molar-refractivity contribution in [1.29, 1.82) is 0 Å². The van der Waals surface area contributed by atoms with Gasteiger partial charge in [0.1, 0.15) is 11.6 Å². The summed E-state index contributed by atoms with van der Waals surface area (Å²) >= 11 is 0. The number of ether oxygens (including phenoxy) is 1. The Morgan fingerprint density at radius 3 is 2.28 bits per heavy atom. The van der Waals surface area contributed by atoms with Crippen LogP contribution in [0, 0.1) is 11.8 Å². The van der Waals surface area contributed by atoms with Crippen molar-refractivity contribution in [2.45, 2.75) is 117 Å². The fourth-order valence-electron chi connectivity index (χ4n) is 4.71. The molecule has 8 heteroatoms. The van der Waals surface area contributed by atoms with Gasteiger partial charge < -0.3 is 24.7 Å². The molecule has 0 aromatic heterocycles. The standard InChI is InChI=1S/C28H47BN2O5/c1-10-20(5)28(9)23(11-2)35-29(36-28)24(17-19(3)4)31-25(32)22(18-21-15-13-12-14-16-21)30-26(33)34-27(6,7)8/h12-16,19-20,22-24H,10-11,17-18H2,1-9H3,(H,30,33)(H,31,32)/t20?,22-,23?,24?,28+/m0/s1. The Morgan fingerprint density at radius 2 is 1.75 bits per heavy atom. The molecule has 2 amide bonds. The Kier molecular flexibility index (Phi) is 10.9. The summed E-state index contributed by atoms with van der Waals surface area (Å²) in [5.74, 6) is -0.0177. The summed E-state index contributed by atoms with van der Waals surface area (Å²) in [5, 5.41) is 5.94. The molecule has 1 aromatic carbocycles. The highest BCUT2D eigenvalue weighted by Gasteiger charge is 2.53. The zero-order chi connectivity index (χ0) is 27.1. The minimum absolute atomic E-state index is 0.0518. The molecule has 0 bridgehead atoms. The third kappa shape index (κ3) is 8.51. The second-order valence-corrected chi connectivity index (χ2v) is 11.6. The first-order valence-electron chi connectivity index (χ1n) is 13.5. The van der Waals surface area contributed by atoms with Crippen LogP contribution in [0.3, 0.4) is 0 Å². The Morgan fingerprint density at radius 1 is 1.11 bits per heavy atom. The van der Waals surface area contributed by atoms with Crippen molar-refractivity contribution in [3.63, 3.8) is 0 Å². The van der Waals surface area contributed by atoms with Crippen LogP contribution in [0.5, 0.6) is 0 Å². The summed E-state index contributed by atoms with van der Waals surface area (Å²) in [6.45, 7) is 18.2. The predicted molar refractivity (Wildman–Crippen MR) is 145 cm³/mol. The lowest BCUT2D eigenvalue weighted by Crippen LogP contribution is -2.56. The molecule has 3 unspecified atom stereocenters. The zero-order valence-corrected chi connectivity index (χ0v) is 23.7. The number of hydrogen-bond acceptors (Lipinski definition) is 5. The number of nitrogens with one attached hydrogen (secondary N) is 2. The van der Waals surface area contributed by atoms with Gasteiger partial charge in [-0.25, -0.2) is 4.79 Å². The monoisotopic (exact) mass is 502 g/mol. The highest BCUT2D eigenvalue weighted by atomic mass is 16.7. The lowest BCUT2D eigenvalue weighted by molar-refractivity contribution is -0.123. The molecule has 2 rings (SSSR count). The first-order chi connectivity index (χ1) is 16.8. The number of amides is 2. The van der Waals surface area contributed by atoms with E-state index in [2.05, 4.69) is 52.2 Å². The van der Waals surface area contributed by atoms with Crippen LogP contribution >= 0.6 is 0 Å². The van der Waals surface area contributed by atoms with Gasteiger partial charge in [-0.2, -0.15) is 0 Å². The van der Waals surface area contributed by atoms with E-state index in [0.29, 0.717) is 24.7 Å². The molecule has 5 atom stereocenters. The molecule has 36 heavy (non-hydrogen) atoms. The molecule has 7 nitrogen and oxygen atoms in total. The first-order valence-corrected chi connectivity index (χ1v) is 13.5. The highest BCUT2D eigenvalue weighted by molar-refractivity contribution is 6.47. The van der Waals surface area contributed by atoms with Gasteiger partial charge in [0.05, 0.1) is 17.6 Å². The molecule has 1 aliphatic heterocycles. The largest absolute Gasteiger partial charge is 0.481 e. The van der Waals surface area contributed by atoms with Crippen molar-refractivity contribution >= 4 is 19.1 Å². The van der Waals surface area contributed by atoms with E-state index in [1.165, 1.54) is 0 Å². The second kappa shape index (κ2) is 13.0. The van der Waals surface area contributed by atoms with E-state index in [0.717, 1.165) is 18.4 Å². The smallest absolute Gasteiger partial charge is 0.444 e. The van der Waals surface area contributed by atoms with Crippen molar-refractivity contribution in [3.8, 4) is 0 Å². The Bertz CT molecular complexity index is 844. The van der Waals surface area contributed by atoms with Crippen molar-refractivity contribution in [2.75, 3.05) is 0 Å². The van der Waals surface area contributed by atoms with Gasteiger partial charge in [-0.1, -0.05) is 71.4 Å². The maximum atomic E-state index is 13.6. The van der Waals surface area contributed by atoms with E-state index in [1.807, 2.05) is 30.3 Å². The van der Waals surface area contributed by atoms with Crippen LogP contribution < -0.4 is 10.6 Å². The van der Waals surface area contributed by atoms with Gasteiger partial charge in [-0.05, 0) is 57.9 Å². The Labute approximate surface area is 218 Å². The molecule has 202 valence electrons. The van der Waals surface area contributed by atoms with E-state index in [9.17, 15) is 9.59 Å². The number of hydrogen-bond donors (Lipinski definition) is 2. The summed E-state index contributed by atoms with van der Waals surface area (Å²) in [6, 6.07) is 8.83. The fourth-order valence-corrected chi connectivity index (χ4v) is 4.71. The normalized spacial score (nSPS) is 22.7. The number of carbonyl (C=O) groups is 2. The maximum Gasteiger partial charge on any atom is 0.481 e. The average molecular weight is 503 g/mol. The van der Waals surface area contributed by atoms with Gasteiger partial charge >= 0.3 is 13.2 Å². The molecule has 0 spiro atoms. The van der Waals surface area contributed by atoms with Crippen LogP contribution in [0.4, 0.5) is 4.79 Å². The van der Waals surface area contributed by atoms with Gasteiger partial charge in [-0.15, -0.1) is 0 Å². The molecule has 2 N–H and O–H groups in total. The number of carbonyl (C=O) groups excluding carboxylic acids is 2. The van der Waals surface area contributed by atoms with Crippen LogP contribution in [0.1, 0.15) is 87.1 Å². The molecule has 1 aromatic rings. The molecule has 1 fully saturated rings. The van der Waals surface area contributed by atoms with Crippen molar-refractivity contribution in [2.24, 2.45) is 11.8 Å². The maximum absolute atomic E-state index is 13.6. The predicted octanol–water partition coefficient (Wildman–Crippen LogP) is 5.31. The molecular formula is C28H47BN2O5. The summed E-state index contributed by atoms with van der Waals surface area (Å²) in [7, 11) is -0.556. The number of benzene rings is 1. The van der Waals surface area contributed by atoms with Gasteiger partial charge in [0.15, 0.2) is 0 Å². The van der Waals surface area contributed by atoms with Gasteiger partial charge in [0, 0.05) is 6.42 Å². The average Bonchev–Trinajstić information content (AvgIpc) is 3.14. The SMILES string of the molecule is CCC(C)[C@@]1(C)OB(C(CC(C)C)NC(=O)[C@H](Cc2ccccc2)NC(=O)OC(C)(C)C)OC1CC. The number of alkyl carbamates (subject to hydrolysis) is 1. The van der Waals surface area contributed by atoms with Crippen LogP contribution in [-0.4, -0.2) is 48.4 Å². The summed E-state index contributed by atoms with van der Waals surface area (Å²) in [4.78, 5) is 26.2. The highest BCUT2D eigenvalue weighted by Crippen LogP contribution is 2.39. The lowest BCUT2D eigenvalue weighted by atomic mass is 9.73. The minimum atomic E-state index is -0.804. The van der Waals surface area contributed by atoms with Gasteiger partial charge in [-0.3, -0.25) is 4.79 Å². The third-order valence-corrected chi connectivity index (χ3v) is 6.94. The third-order valence-electron chi connectivity index (χ3n) is 6.94. The molecule has 1 saturated heterocycles. The molecular weight excluding hydrogens is 455 g/mol. The summed E-state index contributed by atoms with van der Waals surface area (Å²) in [5.41, 5.74) is -0.149. The molecule has 0 radical (unpaired) electrons. The molecule has 1 aliphatic rings.